The summed E-state index contributed by atoms with van der Waals surface area (Å²) >= 11 is 0. The molecule has 1 nitrogen and oxygen atoms in total. The van der Waals surface area contributed by atoms with Crippen LogP contribution in [0.3, 0.4) is 0 Å². The summed E-state index contributed by atoms with van der Waals surface area (Å²) in [7, 11) is 0. The molecule has 0 fully saturated rings. The molecule has 0 unspecified atom stereocenters. The molecule has 0 amide bonds. The van der Waals surface area contributed by atoms with E-state index < -0.39 is 6.85 Å². The van der Waals surface area contributed by atoms with Crippen LogP contribution in [0.4, 0.5) is 0 Å². The summed E-state index contributed by atoms with van der Waals surface area (Å²) in [6, 6.07) is 8.05. The second-order valence-electron chi connectivity index (χ2n) is 1.66. The Kier molecular flexibility index (Phi) is 0.780. The quantitative estimate of drug-likeness (QED) is 0.512. The fraction of sp³-hybridized carbons (Fsp3) is 0.125. The van der Waals surface area contributed by atoms with Gasteiger partial charge in [0.2, 0.25) is 0 Å². The van der Waals surface area contributed by atoms with Crippen LogP contribution in [-0.4, -0.2) is 0 Å². The van der Waals surface area contributed by atoms with Gasteiger partial charge in [-0.3, -0.25) is 0 Å². The number of aryl methyl sites for hydroxylation is 1. The Balaban J connectivity index is 3.26. The number of nitriles is 1. The maximum absolute atomic E-state index is 8.58. The molecule has 0 aliphatic carbocycles. The van der Waals surface area contributed by atoms with E-state index in [1.807, 2.05) is 6.07 Å². The summed E-state index contributed by atoms with van der Waals surface area (Å²) in [5.74, 6) is 0. The standard InChI is InChI=1S/C8H7N/c1-7-4-2-3-5-8(7)6-9/h2-5H,1H3/i1D3. The first-order chi connectivity index (χ1) is 5.55. The van der Waals surface area contributed by atoms with Crippen molar-refractivity contribution in [2.45, 2.75) is 6.85 Å². The Morgan fingerprint density at radius 2 is 2.33 bits per heavy atom. The number of hydrogen-bond acceptors (Lipinski definition) is 1. The number of rotatable bonds is 0. The molecular formula is C8H7N. The molecule has 0 saturated heterocycles. The smallest absolute Gasteiger partial charge is 0.0994 e. The highest BCUT2D eigenvalue weighted by molar-refractivity contribution is 5.35. The van der Waals surface area contributed by atoms with Gasteiger partial charge in [-0.05, 0) is 18.5 Å². The average molecular weight is 120 g/mol. The number of benzene rings is 1. The van der Waals surface area contributed by atoms with Gasteiger partial charge in [-0.1, -0.05) is 18.2 Å². The Morgan fingerprint density at radius 3 is 2.89 bits per heavy atom. The van der Waals surface area contributed by atoms with E-state index in [1.165, 1.54) is 12.1 Å². The van der Waals surface area contributed by atoms with Crippen molar-refractivity contribution >= 4 is 0 Å². The van der Waals surface area contributed by atoms with Gasteiger partial charge in [-0.25, -0.2) is 0 Å². The monoisotopic (exact) mass is 120 g/mol. The van der Waals surface area contributed by atoms with Gasteiger partial charge < -0.3 is 0 Å². The molecule has 0 radical (unpaired) electrons. The van der Waals surface area contributed by atoms with Crippen LogP contribution in [0.2, 0.25) is 0 Å². The highest BCUT2D eigenvalue weighted by atomic mass is 14.2. The Bertz CT molecular complexity index is 322. The minimum atomic E-state index is -2.19. The topological polar surface area (TPSA) is 23.8 Å². The predicted octanol–water partition coefficient (Wildman–Crippen LogP) is 1.87. The Hall–Kier alpha value is -1.29. The third-order valence-electron chi connectivity index (χ3n) is 1.05. The van der Waals surface area contributed by atoms with Gasteiger partial charge in [0.25, 0.3) is 0 Å². The first-order valence-corrected chi connectivity index (χ1v) is 2.55. The van der Waals surface area contributed by atoms with E-state index >= 15 is 0 Å². The van der Waals surface area contributed by atoms with Gasteiger partial charge in [0.1, 0.15) is 0 Å². The van der Waals surface area contributed by atoms with Crippen LogP contribution in [0.5, 0.6) is 0 Å². The maximum atomic E-state index is 8.58. The lowest BCUT2D eigenvalue weighted by Gasteiger charge is -1.90. The largest absolute Gasteiger partial charge is 0.192 e. The van der Waals surface area contributed by atoms with Crippen molar-refractivity contribution in [3.05, 3.63) is 35.4 Å². The molecule has 1 aromatic carbocycles. The van der Waals surface area contributed by atoms with E-state index in [0.717, 1.165) is 0 Å². The lowest BCUT2D eigenvalue weighted by atomic mass is 10.1. The van der Waals surface area contributed by atoms with Crippen molar-refractivity contribution in [2.75, 3.05) is 0 Å². The van der Waals surface area contributed by atoms with E-state index in [0.29, 0.717) is 0 Å². The van der Waals surface area contributed by atoms with Crippen LogP contribution in [0, 0.1) is 18.2 Å². The molecule has 0 spiro atoms. The maximum Gasteiger partial charge on any atom is 0.0994 e. The number of hydrogen-bond donors (Lipinski definition) is 0. The first kappa shape index (κ1) is 3.03. The van der Waals surface area contributed by atoms with E-state index in [1.54, 1.807) is 12.1 Å². The minimum Gasteiger partial charge on any atom is -0.192 e. The van der Waals surface area contributed by atoms with Gasteiger partial charge >= 0.3 is 0 Å². The fourth-order valence-electron chi connectivity index (χ4n) is 0.581. The highest BCUT2D eigenvalue weighted by Crippen LogP contribution is 2.03. The van der Waals surface area contributed by atoms with Crippen LogP contribution < -0.4 is 0 Å². The molecule has 0 atom stereocenters. The fourth-order valence-corrected chi connectivity index (χ4v) is 0.581. The predicted molar refractivity (Wildman–Crippen MR) is 35.9 cm³/mol. The van der Waals surface area contributed by atoms with Crippen LogP contribution >= 0.6 is 0 Å². The second kappa shape index (κ2) is 2.32. The van der Waals surface area contributed by atoms with Gasteiger partial charge in [0.05, 0.1) is 11.6 Å². The lowest BCUT2D eigenvalue weighted by molar-refractivity contribution is 1.39. The molecule has 1 heteroatoms. The van der Waals surface area contributed by atoms with E-state index in [9.17, 15) is 0 Å². The van der Waals surface area contributed by atoms with E-state index in [-0.39, 0.29) is 11.1 Å². The van der Waals surface area contributed by atoms with Crippen molar-refractivity contribution in [3.8, 4) is 6.07 Å². The third kappa shape index (κ3) is 1.09. The summed E-state index contributed by atoms with van der Waals surface area (Å²) in [4.78, 5) is 0. The van der Waals surface area contributed by atoms with Crippen LogP contribution in [-0.2, 0) is 0 Å². The van der Waals surface area contributed by atoms with E-state index in [4.69, 9.17) is 9.37 Å². The zero-order valence-electron chi connectivity index (χ0n) is 7.76. The average Bonchev–Trinajstić information content (AvgIpc) is 2.03. The summed E-state index contributed by atoms with van der Waals surface area (Å²) in [5, 5.41) is 8.58. The summed E-state index contributed by atoms with van der Waals surface area (Å²) in [6.45, 7) is -2.19. The SMILES string of the molecule is [2H]C([2H])([2H])c1ccccc1C#N. The summed E-state index contributed by atoms with van der Waals surface area (Å²) in [5.41, 5.74) is 0.338. The van der Waals surface area contributed by atoms with Crippen molar-refractivity contribution in [2.24, 2.45) is 0 Å². The molecule has 44 valence electrons. The second-order valence-corrected chi connectivity index (χ2v) is 1.66. The third-order valence-corrected chi connectivity index (χ3v) is 1.05. The van der Waals surface area contributed by atoms with Crippen molar-refractivity contribution in [3.63, 3.8) is 0 Å². The van der Waals surface area contributed by atoms with Gasteiger partial charge in [-0.15, -0.1) is 0 Å². The summed E-state index contributed by atoms with van der Waals surface area (Å²) in [6.07, 6.45) is 0. The first-order valence-electron chi connectivity index (χ1n) is 4.05. The van der Waals surface area contributed by atoms with Crippen LogP contribution in [0.15, 0.2) is 24.3 Å². The lowest BCUT2D eigenvalue weighted by Crippen LogP contribution is -1.77. The molecular weight excluding hydrogens is 110 g/mol. The summed E-state index contributed by atoms with van der Waals surface area (Å²) < 4.78 is 21.3. The van der Waals surface area contributed by atoms with Crippen molar-refractivity contribution in [1.29, 1.82) is 5.26 Å². The van der Waals surface area contributed by atoms with Crippen LogP contribution in [0.25, 0.3) is 0 Å². The Morgan fingerprint density at radius 1 is 1.56 bits per heavy atom. The van der Waals surface area contributed by atoms with Gasteiger partial charge in [-0.2, -0.15) is 5.26 Å². The van der Waals surface area contributed by atoms with Crippen LogP contribution in [0.1, 0.15) is 15.2 Å². The zero-order chi connectivity index (χ0) is 9.19. The molecule has 0 saturated carbocycles. The van der Waals surface area contributed by atoms with Crippen molar-refractivity contribution < 1.29 is 4.11 Å². The normalized spacial score (nSPS) is 14.8. The molecule has 1 rings (SSSR count). The van der Waals surface area contributed by atoms with Crippen molar-refractivity contribution in [1.82, 2.24) is 0 Å². The van der Waals surface area contributed by atoms with E-state index in [2.05, 4.69) is 0 Å². The highest BCUT2D eigenvalue weighted by Gasteiger charge is 1.89. The molecule has 1 aromatic rings. The molecule has 0 heterocycles. The van der Waals surface area contributed by atoms with Gasteiger partial charge in [0, 0.05) is 4.11 Å². The molecule has 0 aliphatic rings. The zero-order valence-corrected chi connectivity index (χ0v) is 4.76. The Labute approximate surface area is 58.8 Å². The minimum absolute atomic E-state index is 0.118. The van der Waals surface area contributed by atoms with Gasteiger partial charge in [0.15, 0.2) is 0 Å². The molecule has 9 heavy (non-hydrogen) atoms. The molecule has 0 N–H and O–H groups in total. The molecule has 0 aliphatic heterocycles. The molecule has 0 aromatic heterocycles. The number of nitrogens with zero attached hydrogens (tertiary/aromatic N) is 1. The molecule has 0 bridgehead atoms.